The highest BCUT2D eigenvalue weighted by Gasteiger charge is 2.28. The molecule has 0 fully saturated rings. The molecule has 0 saturated heterocycles. The number of hydrogen-bond donors (Lipinski definition) is 1. The molecule has 31 heavy (non-hydrogen) atoms. The minimum atomic E-state index is -3.89. The van der Waals surface area contributed by atoms with Gasteiger partial charge in [0, 0.05) is 17.1 Å². The number of nitrogens with one attached hydrogen (secondary N) is 1. The normalized spacial score (nSPS) is 11.5. The molecule has 1 aromatic heterocycles. The Kier molecular flexibility index (Phi) is 5.85. The van der Waals surface area contributed by atoms with Crippen molar-refractivity contribution in [1.29, 1.82) is 0 Å². The van der Waals surface area contributed by atoms with Crippen LogP contribution in [0.3, 0.4) is 0 Å². The van der Waals surface area contributed by atoms with Crippen LogP contribution in [0.1, 0.15) is 16.7 Å². The summed E-state index contributed by atoms with van der Waals surface area (Å²) in [7, 11) is -3.89. The standard InChI is InChI=1S/C24H21ClN2O3S/c1-16-7-13-20(14-8-16)31(28,29)24-23(26-15-18-9-11-19(25)12-10-18)30-22(27-24)21-6-4-3-5-17(21)2/h3-14,26H,15H2,1-2H3. The van der Waals surface area contributed by atoms with Gasteiger partial charge in [-0.2, -0.15) is 4.98 Å². The molecule has 3 aromatic carbocycles. The van der Waals surface area contributed by atoms with Crippen LogP contribution in [0.5, 0.6) is 0 Å². The molecule has 0 radical (unpaired) electrons. The van der Waals surface area contributed by atoms with Gasteiger partial charge in [0.15, 0.2) is 0 Å². The van der Waals surface area contributed by atoms with Crippen molar-refractivity contribution in [3.8, 4) is 11.5 Å². The van der Waals surface area contributed by atoms with Gasteiger partial charge in [-0.3, -0.25) is 0 Å². The van der Waals surface area contributed by atoms with Gasteiger partial charge in [0.1, 0.15) is 0 Å². The van der Waals surface area contributed by atoms with Crippen molar-refractivity contribution in [3.63, 3.8) is 0 Å². The molecule has 0 bridgehead atoms. The number of nitrogens with zero attached hydrogens (tertiary/aromatic N) is 1. The topological polar surface area (TPSA) is 72.2 Å². The largest absolute Gasteiger partial charge is 0.419 e. The van der Waals surface area contributed by atoms with Gasteiger partial charge < -0.3 is 9.73 Å². The van der Waals surface area contributed by atoms with Gasteiger partial charge in [-0.05, 0) is 55.3 Å². The predicted molar refractivity (Wildman–Crippen MR) is 122 cm³/mol. The van der Waals surface area contributed by atoms with Crippen molar-refractivity contribution in [3.05, 3.63) is 94.5 Å². The number of oxazole rings is 1. The SMILES string of the molecule is Cc1ccc(S(=O)(=O)c2nc(-c3ccccc3C)oc2NCc2ccc(Cl)cc2)cc1. The minimum absolute atomic E-state index is 0.105. The summed E-state index contributed by atoms with van der Waals surface area (Å²) in [4.78, 5) is 4.56. The molecule has 0 amide bonds. The molecule has 0 unspecified atom stereocenters. The van der Waals surface area contributed by atoms with Crippen molar-refractivity contribution in [2.24, 2.45) is 0 Å². The molecule has 0 spiro atoms. The molecule has 4 aromatic rings. The highest BCUT2D eigenvalue weighted by molar-refractivity contribution is 7.91. The Hall–Kier alpha value is -3.09. The van der Waals surface area contributed by atoms with Crippen LogP contribution >= 0.6 is 11.6 Å². The van der Waals surface area contributed by atoms with Crippen LogP contribution in [0.2, 0.25) is 5.02 Å². The van der Waals surface area contributed by atoms with Crippen LogP contribution in [-0.4, -0.2) is 13.4 Å². The van der Waals surface area contributed by atoms with Crippen LogP contribution in [0.4, 0.5) is 5.88 Å². The molecule has 5 nitrogen and oxygen atoms in total. The summed E-state index contributed by atoms with van der Waals surface area (Å²) >= 11 is 5.95. The van der Waals surface area contributed by atoms with Gasteiger partial charge in [0.25, 0.3) is 0 Å². The lowest BCUT2D eigenvalue weighted by Crippen LogP contribution is -2.07. The minimum Gasteiger partial charge on any atom is -0.419 e. The Morgan fingerprint density at radius 2 is 1.61 bits per heavy atom. The van der Waals surface area contributed by atoms with Crippen LogP contribution < -0.4 is 5.32 Å². The van der Waals surface area contributed by atoms with E-state index in [-0.39, 0.29) is 21.7 Å². The zero-order valence-corrected chi connectivity index (χ0v) is 18.7. The second kappa shape index (κ2) is 8.57. The van der Waals surface area contributed by atoms with E-state index >= 15 is 0 Å². The maximum absolute atomic E-state index is 13.4. The molecule has 7 heteroatoms. The van der Waals surface area contributed by atoms with E-state index in [4.69, 9.17) is 16.0 Å². The van der Waals surface area contributed by atoms with Gasteiger partial charge in [0.2, 0.25) is 26.6 Å². The molecule has 0 aliphatic heterocycles. The first-order valence-corrected chi connectivity index (χ1v) is 11.6. The Bertz CT molecular complexity index is 1310. The molecule has 0 aliphatic carbocycles. The first-order chi connectivity index (χ1) is 14.8. The summed E-state index contributed by atoms with van der Waals surface area (Å²) in [5.41, 5.74) is 3.58. The van der Waals surface area contributed by atoms with Crippen molar-refractivity contribution in [2.45, 2.75) is 30.3 Å². The molecule has 0 atom stereocenters. The second-order valence-electron chi connectivity index (χ2n) is 7.26. The molecule has 0 saturated carbocycles. The average Bonchev–Trinajstić information content (AvgIpc) is 3.19. The number of anilines is 1. The number of benzene rings is 3. The van der Waals surface area contributed by atoms with E-state index in [2.05, 4.69) is 10.3 Å². The van der Waals surface area contributed by atoms with Crippen LogP contribution in [0, 0.1) is 13.8 Å². The molecule has 158 valence electrons. The van der Waals surface area contributed by atoms with E-state index in [9.17, 15) is 8.42 Å². The van der Waals surface area contributed by atoms with E-state index < -0.39 is 9.84 Å². The summed E-state index contributed by atoms with van der Waals surface area (Å²) in [6.45, 7) is 4.19. The number of sulfone groups is 1. The lowest BCUT2D eigenvalue weighted by atomic mass is 10.1. The first kappa shape index (κ1) is 21.2. The van der Waals surface area contributed by atoms with Crippen LogP contribution in [0.15, 0.2) is 87.1 Å². The molecule has 1 heterocycles. The van der Waals surface area contributed by atoms with E-state index in [0.29, 0.717) is 11.6 Å². The average molecular weight is 453 g/mol. The monoisotopic (exact) mass is 452 g/mol. The Labute approximate surface area is 186 Å². The highest BCUT2D eigenvalue weighted by Crippen LogP contribution is 2.33. The van der Waals surface area contributed by atoms with E-state index in [1.807, 2.05) is 50.2 Å². The van der Waals surface area contributed by atoms with E-state index in [0.717, 1.165) is 22.3 Å². The van der Waals surface area contributed by atoms with Gasteiger partial charge in [-0.25, -0.2) is 8.42 Å². The first-order valence-electron chi connectivity index (χ1n) is 9.71. The van der Waals surface area contributed by atoms with Crippen molar-refractivity contribution in [2.75, 3.05) is 5.32 Å². The molecular weight excluding hydrogens is 432 g/mol. The van der Waals surface area contributed by atoms with Crippen LogP contribution in [-0.2, 0) is 16.4 Å². The third kappa shape index (κ3) is 4.50. The van der Waals surface area contributed by atoms with Gasteiger partial charge in [-0.1, -0.05) is 59.6 Å². The third-order valence-electron chi connectivity index (χ3n) is 4.92. The zero-order valence-electron chi connectivity index (χ0n) is 17.1. The number of rotatable bonds is 6. The third-order valence-corrected chi connectivity index (χ3v) is 6.85. The lowest BCUT2D eigenvalue weighted by molar-refractivity contribution is 0.576. The molecular formula is C24H21ClN2O3S. The quantitative estimate of drug-likeness (QED) is 0.385. The molecule has 1 N–H and O–H groups in total. The Morgan fingerprint density at radius 1 is 0.935 bits per heavy atom. The number of aryl methyl sites for hydroxylation is 2. The smallest absolute Gasteiger partial charge is 0.234 e. The highest BCUT2D eigenvalue weighted by atomic mass is 35.5. The van der Waals surface area contributed by atoms with E-state index in [1.165, 1.54) is 0 Å². The van der Waals surface area contributed by atoms with Crippen LogP contribution in [0.25, 0.3) is 11.5 Å². The fourth-order valence-corrected chi connectivity index (χ4v) is 4.55. The number of aromatic nitrogens is 1. The lowest BCUT2D eigenvalue weighted by Gasteiger charge is -2.07. The Balaban J connectivity index is 1.77. The van der Waals surface area contributed by atoms with Gasteiger partial charge in [-0.15, -0.1) is 0 Å². The summed E-state index contributed by atoms with van der Waals surface area (Å²) < 4.78 is 32.7. The maximum Gasteiger partial charge on any atom is 0.234 e. The summed E-state index contributed by atoms with van der Waals surface area (Å²) in [6, 6.07) is 21.5. The summed E-state index contributed by atoms with van der Waals surface area (Å²) in [6.07, 6.45) is 0. The maximum atomic E-state index is 13.4. The summed E-state index contributed by atoms with van der Waals surface area (Å²) in [5.74, 6) is 0.358. The summed E-state index contributed by atoms with van der Waals surface area (Å²) in [5, 5.41) is 3.59. The number of halogens is 1. The van der Waals surface area contributed by atoms with Gasteiger partial charge >= 0.3 is 0 Å². The number of hydrogen-bond acceptors (Lipinski definition) is 5. The van der Waals surface area contributed by atoms with E-state index in [1.54, 1.807) is 36.4 Å². The van der Waals surface area contributed by atoms with Crippen molar-refractivity contribution < 1.29 is 12.8 Å². The van der Waals surface area contributed by atoms with Crippen molar-refractivity contribution in [1.82, 2.24) is 4.98 Å². The second-order valence-corrected chi connectivity index (χ2v) is 9.57. The Morgan fingerprint density at radius 3 is 2.29 bits per heavy atom. The predicted octanol–water partition coefficient (Wildman–Crippen LogP) is 6.06. The van der Waals surface area contributed by atoms with Gasteiger partial charge in [0.05, 0.1) is 4.90 Å². The zero-order chi connectivity index (χ0) is 22.0. The fourth-order valence-electron chi connectivity index (χ4n) is 3.14. The molecule has 4 rings (SSSR count). The van der Waals surface area contributed by atoms with Crippen molar-refractivity contribution >= 4 is 27.3 Å². The molecule has 0 aliphatic rings. The fraction of sp³-hybridized carbons (Fsp3) is 0.125.